The van der Waals surface area contributed by atoms with E-state index in [4.69, 9.17) is 0 Å². The summed E-state index contributed by atoms with van der Waals surface area (Å²) in [5.74, 6) is -0.988. The van der Waals surface area contributed by atoms with Gasteiger partial charge in [-0.05, 0) is 6.07 Å². The second-order valence-corrected chi connectivity index (χ2v) is 4.79. The average Bonchev–Trinajstić information content (AvgIpc) is 2.87. The highest BCUT2D eigenvalue weighted by Gasteiger charge is 2.15. The molecule has 2 aromatic heterocycles. The van der Waals surface area contributed by atoms with Crippen molar-refractivity contribution in [1.82, 2.24) is 19.7 Å². The van der Waals surface area contributed by atoms with Gasteiger partial charge in [0.25, 0.3) is 0 Å². The molecule has 1 aromatic carbocycles. The normalized spacial score (nSPS) is 12.5. The number of aliphatic hydroxyl groups excluding tert-OH is 1. The summed E-state index contributed by atoms with van der Waals surface area (Å²) in [5.41, 5.74) is 0.658. The van der Waals surface area contributed by atoms with Gasteiger partial charge >= 0.3 is 0 Å². The SMILES string of the molecule is Cn1ncc2c(NC[C@@H](O)c3ccc(F)cc3F)ncnc21. The maximum absolute atomic E-state index is 13.6. The number of aromatic nitrogens is 4. The van der Waals surface area contributed by atoms with Crippen LogP contribution in [0.1, 0.15) is 11.7 Å². The quantitative estimate of drug-likeness (QED) is 0.768. The molecule has 3 rings (SSSR count). The summed E-state index contributed by atoms with van der Waals surface area (Å²) < 4.78 is 28.1. The molecule has 6 nitrogen and oxygen atoms in total. The molecule has 0 aliphatic rings. The van der Waals surface area contributed by atoms with Crippen LogP contribution in [0.15, 0.2) is 30.7 Å². The summed E-state index contributed by atoms with van der Waals surface area (Å²) in [5, 5.41) is 17.7. The van der Waals surface area contributed by atoms with Gasteiger partial charge in [0.1, 0.15) is 23.8 Å². The number of aliphatic hydroxyl groups is 1. The summed E-state index contributed by atoms with van der Waals surface area (Å²) in [6.07, 6.45) is 1.84. The summed E-state index contributed by atoms with van der Waals surface area (Å²) in [4.78, 5) is 8.18. The molecule has 3 aromatic rings. The molecule has 0 unspecified atom stereocenters. The highest BCUT2D eigenvalue weighted by molar-refractivity contribution is 5.85. The van der Waals surface area contributed by atoms with E-state index in [1.165, 1.54) is 12.4 Å². The molecule has 0 aliphatic carbocycles. The summed E-state index contributed by atoms with van der Waals surface area (Å²) in [7, 11) is 1.75. The molecule has 0 radical (unpaired) electrons. The number of aryl methyl sites for hydroxylation is 1. The van der Waals surface area contributed by atoms with Gasteiger partial charge in [0, 0.05) is 25.2 Å². The lowest BCUT2D eigenvalue weighted by atomic mass is 10.1. The highest BCUT2D eigenvalue weighted by Crippen LogP contribution is 2.21. The minimum absolute atomic E-state index is 0.0174. The molecule has 1 atom stereocenters. The van der Waals surface area contributed by atoms with Gasteiger partial charge < -0.3 is 10.4 Å². The van der Waals surface area contributed by atoms with E-state index in [1.807, 2.05) is 0 Å². The third-order valence-electron chi connectivity index (χ3n) is 3.31. The van der Waals surface area contributed by atoms with E-state index < -0.39 is 17.7 Å². The fourth-order valence-electron chi connectivity index (χ4n) is 2.18. The van der Waals surface area contributed by atoms with Gasteiger partial charge in [-0.3, -0.25) is 4.68 Å². The summed E-state index contributed by atoms with van der Waals surface area (Å²) in [6, 6.07) is 3.06. The average molecular weight is 305 g/mol. The molecular weight excluding hydrogens is 292 g/mol. The zero-order valence-electron chi connectivity index (χ0n) is 11.7. The van der Waals surface area contributed by atoms with E-state index in [1.54, 1.807) is 17.9 Å². The van der Waals surface area contributed by atoms with Crippen LogP contribution in [0.2, 0.25) is 0 Å². The Labute approximate surface area is 124 Å². The minimum atomic E-state index is -1.14. The lowest BCUT2D eigenvalue weighted by molar-refractivity contribution is 0.186. The molecule has 0 saturated heterocycles. The van der Waals surface area contributed by atoms with Crippen LogP contribution in [0, 0.1) is 11.6 Å². The fraction of sp³-hybridized carbons (Fsp3) is 0.214. The second kappa shape index (κ2) is 5.64. The monoisotopic (exact) mass is 305 g/mol. The van der Waals surface area contributed by atoms with E-state index >= 15 is 0 Å². The Bertz CT molecular complexity index is 820. The number of hydrogen-bond acceptors (Lipinski definition) is 5. The van der Waals surface area contributed by atoms with Crippen LogP contribution in [0.4, 0.5) is 14.6 Å². The van der Waals surface area contributed by atoms with Crippen molar-refractivity contribution in [2.24, 2.45) is 7.05 Å². The van der Waals surface area contributed by atoms with E-state index in [0.717, 1.165) is 12.1 Å². The Morgan fingerprint density at radius 3 is 2.91 bits per heavy atom. The van der Waals surface area contributed by atoms with E-state index in [9.17, 15) is 13.9 Å². The van der Waals surface area contributed by atoms with Crippen LogP contribution in [0.25, 0.3) is 11.0 Å². The van der Waals surface area contributed by atoms with Crippen molar-refractivity contribution in [2.45, 2.75) is 6.10 Å². The Morgan fingerprint density at radius 1 is 1.32 bits per heavy atom. The molecule has 0 aliphatic heterocycles. The largest absolute Gasteiger partial charge is 0.386 e. The van der Waals surface area contributed by atoms with Crippen molar-refractivity contribution in [1.29, 1.82) is 0 Å². The topological polar surface area (TPSA) is 75.9 Å². The number of fused-ring (bicyclic) bond motifs is 1. The van der Waals surface area contributed by atoms with Crippen molar-refractivity contribution in [3.8, 4) is 0 Å². The number of nitrogens with one attached hydrogen (secondary N) is 1. The summed E-state index contributed by atoms with van der Waals surface area (Å²) in [6.45, 7) is 0.0174. The standard InChI is InChI=1S/C14H13F2N5O/c1-21-14-10(5-20-21)13(18-7-19-14)17-6-12(22)9-3-2-8(15)4-11(9)16/h2-5,7,12,22H,6H2,1H3,(H,17,18,19)/t12-/m1/s1. The molecule has 0 fully saturated rings. The van der Waals surface area contributed by atoms with Crippen LogP contribution in [-0.4, -0.2) is 31.4 Å². The number of nitrogens with zero attached hydrogens (tertiary/aromatic N) is 4. The smallest absolute Gasteiger partial charge is 0.163 e. The van der Waals surface area contributed by atoms with E-state index in [-0.39, 0.29) is 12.1 Å². The third kappa shape index (κ3) is 2.60. The summed E-state index contributed by atoms with van der Waals surface area (Å²) >= 11 is 0. The Morgan fingerprint density at radius 2 is 2.14 bits per heavy atom. The first-order chi connectivity index (χ1) is 10.6. The molecule has 8 heteroatoms. The molecule has 0 bridgehead atoms. The fourth-order valence-corrected chi connectivity index (χ4v) is 2.18. The molecule has 0 amide bonds. The molecule has 2 heterocycles. The first kappa shape index (κ1) is 14.3. The Hall–Kier alpha value is -2.61. The Kier molecular flexibility index (Phi) is 3.68. The molecular formula is C14H13F2N5O. The number of hydrogen-bond donors (Lipinski definition) is 2. The molecule has 114 valence electrons. The van der Waals surface area contributed by atoms with Crippen LogP contribution < -0.4 is 5.32 Å². The van der Waals surface area contributed by atoms with Gasteiger partial charge in [0.05, 0.1) is 17.7 Å². The van der Waals surface area contributed by atoms with Crippen molar-refractivity contribution in [3.63, 3.8) is 0 Å². The van der Waals surface area contributed by atoms with Gasteiger partial charge in [-0.25, -0.2) is 18.7 Å². The lowest BCUT2D eigenvalue weighted by Gasteiger charge is -2.13. The molecule has 0 spiro atoms. The van der Waals surface area contributed by atoms with E-state index in [0.29, 0.717) is 16.9 Å². The third-order valence-corrected chi connectivity index (χ3v) is 3.31. The zero-order valence-corrected chi connectivity index (χ0v) is 11.7. The van der Waals surface area contributed by atoms with Crippen molar-refractivity contribution in [2.75, 3.05) is 11.9 Å². The van der Waals surface area contributed by atoms with Crippen LogP contribution in [-0.2, 0) is 7.05 Å². The second-order valence-electron chi connectivity index (χ2n) is 4.79. The number of rotatable bonds is 4. The van der Waals surface area contributed by atoms with Crippen LogP contribution in [0.5, 0.6) is 0 Å². The zero-order chi connectivity index (χ0) is 15.7. The number of halogens is 2. The number of benzene rings is 1. The lowest BCUT2D eigenvalue weighted by Crippen LogP contribution is -2.14. The van der Waals surface area contributed by atoms with E-state index in [2.05, 4.69) is 20.4 Å². The predicted octanol–water partition coefficient (Wildman–Crippen LogP) is 1.79. The van der Waals surface area contributed by atoms with Crippen molar-refractivity contribution in [3.05, 3.63) is 47.9 Å². The van der Waals surface area contributed by atoms with Gasteiger partial charge in [-0.15, -0.1) is 0 Å². The van der Waals surface area contributed by atoms with Crippen molar-refractivity contribution >= 4 is 16.9 Å². The highest BCUT2D eigenvalue weighted by atomic mass is 19.1. The molecule has 2 N–H and O–H groups in total. The Balaban J connectivity index is 1.79. The van der Waals surface area contributed by atoms with Gasteiger partial charge in [0.15, 0.2) is 5.65 Å². The van der Waals surface area contributed by atoms with Crippen LogP contribution >= 0.6 is 0 Å². The maximum atomic E-state index is 13.6. The number of anilines is 1. The molecule has 22 heavy (non-hydrogen) atoms. The van der Waals surface area contributed by atoms with Gasteiger partial charge in [-0.1, -0.05) is 6.07 Å². The first-order valence-electron chi connectivity index (χ1n) is 6.56. The minimum Gasteiger partial charge on any atom is -0.386 e. The van der Waals surface area contributed by atoms with Crippen LogP contribution in [0.3, 0.4) is 0 Å². The maximum Gasteiger partial charge on any atom is 0.163 e. The first-order valence-corrected chi connectivity index (χ1v) is 6.56. The van der Waals surface area contributed by atoms with Gasteiger partial charge in [-0.2, -0.15) is 5.10 Å². The molecule has 0 saturated carbocycles. The predicted molar refractivity (Wildman–Crippen MR) is 76.1 cm³/mol. The van der Waals surface area contributed by atoms with Gasteiger partial charge in [0.2, 0.25) is 0 Å². The van der Waals surface area contributed by atoms with Crippen molar-refractivity contribution < 1.29 is 13.9 Å².